The normalized spacial score (nSPS) is 50.0. The first-order valence-electron chi connectivity index (χ1n) is 15.0. The molecule has 1 unspecified atom stereocenters. The summed E-state index contributed by atoms with van der Waals surface area (Å²) in [6, 6.07) is 0. The lowest BCUT2D eigenvalue weighted by molar-refractivity contribution is -0.407. The summed E-state index contributed by atoms with van der Waals surface area (Å²) in [5, 5.41) is 34.4. The molecule has 0 spiro atoms. The van der Waals surface area contributed by atoms with E-state index in [1.807, 2.05) is 19.1 Å². The first-order chi connectivity index (χ1) is 19.8. The molecule has 3 aliphatic carbocycles. The number of aliphatic hydroxyl groups is 3. The Bertz CT molecular complexity index is 1290. The van der Waals surface area contributed by atoms with Crippen molar-refractivity contribution < 1.29 is 48.6 Å². The number of hydrogen-bond acceptors (Lipinski definition) is 10. The highest BCUT2D eigenvalue weighted by molar-refractivity contribution is 6.05. The molecule has 0 aromatic carbocycles. The van der Waals surface area contributed by atoms with Crippen molar-refractivity contribution in [3.05, 3.63) is 48.1 Å². The molecule has 6 aliphatic rings. The molecule has 42 heavy (non-hydrogen) atoms. The van der Waals surface area contributed by atoms with E-state index in [2.05, 4.69) is 13.5 Å². The molecule has 230 valence electrons. The summed E-state index contributed by atoms with van der Waals surface area (Å²) >= 11 is 0. The van der Waals surface area contributed by atoms with Gasteiger partial charge in [-0.25, -0.2) is 0 Å². The van der Waals surface area contributed by atoms with Crippen LogP contribution in [0.5, 0.6) is 0 Å². The van der Waals surface area contributed by atoms with E-state index in [4.69, 9.17) is 23.7 Å². The molecule has 0 amide bonds. The number of ether oxygens (including phenoxy) is 5. The molecule has 0 radical (unpaired) electrons. The number of carbonyl (C=O) groups is 2. The Morgan fingerprint density at radius 2 is 1.90 bits per heavy atom. The fourth-order valence-electron chi connectivity index (χ4n) is 8.66. The predicted molar refractivity (Wildman–Crippen MR) is 149 cm³/mol. The van der Waals surface area contributed by atoms with Gasteiger partial charge in [0.1, 0.15) is 30.0 Å². The zero-order chi connectivity index (χ0) is 30.5. The number of epoxide rings is 1. The highest BCUT2D eigenvalue weighted by Gasteiger charge is 2.90. The van der Waals surface area contributed by atoms with Crippen LogP contribution in [0.2, 0.25) is 0 Å². The number of ketones is 1. The van der Waals surface area contributed by atoms with Crippen molar-refractivity contribution in [1.29, 1.82) is 0 Å². The molecule has 3 N–H and O–H groups in total. The third kappa shape index (κ3) is 3.51. The number of aliphatic hydroxyl groups excluding tert-OH is 2. The highest BCUT2D eigenvalue weighted by atomic mass is 16.9. The molecule has 10 heteroatoms. The van der Waals surface area contributed by atoms with Crippen molar-refractivity contribution in [3.8, 4) is 0 Å². The second-order valence-corrected chi connectivity index (χ2v) is 12.9. The number of carbonyl (C=O) groups excluding carboxylic acids is 2. The quantitative estimate of drug-likeness (QED) is 0.121. The van der Waals surface area contributed by atoms with Crippen molar-refractivity contribution >= 4 is 11.8 Å². The van der Waals surface area contributed by atoms with E-state index in [1.165, 1.54) is 6.92 Å². The smallest absolute Gasteiger partial charge is 0.307 e. The molecule has 0 aromatic rings. The minimum atomic E-state index is -2.38. The van der Waals surface area contributed by atoms with Gasteiger partial charge in [0, 0.05) is 30.8 Å². The first kappa shape index (κ1) is 29.9. The average molecular weight is 587 g/mol. The maximum atomic E-state index is 13.7. The van der Waals surface area contributed by atoms with Crippen LogP contribution in [0.25, 0.3) is 0 Å². The Hall–Kier alpha value is -2.18. The van der Waals surface area contributed by atoms with Crippen molar-refractivity contribution in [2.24, 2.45) is 17.8 Å². The molecule has 10 nitrogen and oxygen atoms in total. The standard InChI is InChI=1S/C32H42O10/c1-7-8-9-10-11-12-13-14-29-40-26-22-25-28(16-33,39-25)27(36)30(37)21(15-18(4)23(30)35)32(22,42-29)19(5)24(38-20(6)34)31(26,41-29)17(2)3/h11-15,19,21-22,24-27,33,36-37H,2,7-10,16H2,1,3-6H3/t19-,21-,22+,24-,25+,26-,27-,28+,29?,30-,31+,32+/m1/s1. The number of unbranched alkanes of at least 4 members (excludes halogenated alkanes) is 3. The summed E-state index contributed by atoms with van der Waals surface area (Å²) in [5.74, 6) is -5.58. The van der Waals surface area contributed by atoms with Crippen LogP contribution in [0, 0.1) is 17.8 Å². The zero-order valence-electron chi connectivity index (χ0n) is 24.9. The van der Waals surface area contributed by atoms with Gasteiger partial charge in [0.15, 0.2) is 17.0 Å². The van der Waals surface area contributed by atoms with E-state index in [-0.39, 0.29) is 5.57 Å². The number of rotatable bonds is 9. The molecule has 6 rings (SSSR count). The highest BCUT2D eigenvalue weighted by Crippen LogP contribution is 2.73. The Balaban J connectivity index is 1.55. The van der Waals surface area contributed by atoms with Crippen LogP contribution >= 0.6 is 0 Å². The van der Waals surface area contributed by atoms with Gasteiger partial charge in [0.05, 0.1) is 12.2 Å². The minimum Gasteiger partial charge on any atom is -0.459 e. The van der Waals surface area contributed by atoms with E-state index in [0.717, 1.165) is 25.7 Å². The van der Waals surface area contributed by atoms with Crippen molar-refractivity contribution in [3.63, 3.8) is 0 Å². The van der Waals surface area contributed by atoms with Crippen molar-refractivity contribution in [1.82, 2.24) is 0 Å². The van der Waals surface area contributed by atoms with Crippen LogP contribution in [0.1, 0.15) is 60.3 Å². The number of esters is 1. The van der Waals surface area contributed by atoms with Crippen LogP contribution in [0.4, 0.5) is 0 Å². The third-order valence-corrected chi connectivity index (χ3v) is 10.6. The summed E-state index contributed by atoms with van der Waals surface area (Å²) in [4.78, 5) is 26.2. The number of fused-ring (bicyclic) bond motifs is 3. The van der Waals surface area contributed by atoms with E-state index in [9.17, 15) is 24.9 Å². The van der Waals surface area contributed by atoms with E-state index < -0.39 is 88.9 Å². The van der Waals surface area contributed by atoms with Gasteiger partial charge in [0.25, 0.3) is 0 Å². The summed E-state index contributed by atoms with van der Waals surface area (Å²) in [7, 11) is 0. The van der Waals surface area contributed by atoms with E-state index in [0.29, 0.717) is 5.57 Å². The lowest BCUT2D eigenvalue weighted by Gasteiger charge is -2.61. The maximum Gasteiger partial charge on any atom is 0.307 e. The van der Waals surface area contributed by atoms with E-state index in [1.54, 1.807) is 32.1 Å². The third-order valence-electron chi connectivity index (χ3n) is 10.6. The summed E-state index contributed by atoms with van der Waals surface area (Å²) in [6.45, 7) is 12.2. The predicted octanol–water partition coefficient (Wildman–Crippen LogP) is 2.41. The van der Waals surface area contributed by atoms with Crippen molar-refractivity contribution in [2.75, 3.05) is 6.61 Å². The monoisotopic (exact) mass is 586 g/mol. The van der Waals surface area contributed by atoms with Crippen LogP contribution in [0.3, 0.4) is 0 Å². The Morgan fingerprint density at radius 1 is 1.17 bits per heavy atom. The SMILES string of the molecule is C=C(C)[C@@]12OC3(C=CC=CCCCCC)O[C@@H]1[C@@H]1[C@@H]4O[C@]4(CO)[C@@H](O)[C@]4(O)C(=O)C(C)=C[C@H]4[C@@]1(O3)[C@H](C)[C@H]2OC(C)=O. The maximum absolute atomic E-state index is 13.7. The van der Waals surface area contributed by atoms with Gasteiger partial charge in [-0.05, 0) is 37.8 Å². The molecular weight excluding hydrogens is 544 g/mol. The molecule has 3 aliphatic heterocycles. The summed E-state index contributed by atoms with van der Waals surface area (Å²) in [6.07, 6.45) is 8.71. The molecule has 3 bridgehead atoms. The number of allylic oxidation sites excluding steroid dienone is 3. The molecule has 12 atom stereocenters. The minimum absolute atomic E-state index is 0.248. The van der Waals surface area contributed by atoms with Crippen molar-refractivity contribution in [2.45, 2.75) is 113 Å². The van der Waals surface area contributed by atoms with Gasteiger partial charge in [-0.15, -0.1) is 0 Å². The van der Waals surface area contributed by atoms with Gasteiger partial charge in [-0.3, -0.25) is 9.59 Å². The van der Waals surface area contributed by atoms with Crippen LogP contribution in [-0.4, -0.2) is 86.5 Å². The molecule has 2 saturated carbocycles. The van der Waals surface area contributed by atoms with Gasteiger partial charge in [0.2, 0.25) is 0 Å². The van der Waals surface area contributed by atoms with Crippen LogP contribution < -0.4 is 0 Å². The van der Waals surface area contributed by atoms with Gasteiger partial charge >= 0.3 is 11.9 Å². The Labute approximate surface area is 246 Å². The second-order valence-electron chi connectivity index (χ2n) is 12.9. The second kappa shape index (κ2) is 9.66. The summed E-state index contributed by atoms with van der Waals surface area (Å²) in [5.41, 5.74) is -6.12. The van der Waals surface area contributed by atoms with E-state index >= 15 is 0 Å². The molecule has 3 heterocycles. The van der Waals surface area contributed by atoms with Gasteiger partial charge in [-0.1, -0.05) is 57.6 Å². The number of hydrogen-bond donors (Lipinski definition) is 3. The lowest BCUT2D eigenvalue weighted by atomic mass is 9.53. The van der Waals surface area contributed by atoms with Gasteiger partial charge < -0.3 is 39.0 Å². The fourth-order valence-corrected chi connectivity index (χ4v) is 8.66. The summed E-state index contributed by atoms with van der Waals surface area (Å²) < 4.78 is 32.4. The van der Waals surface area contributed by atoms with Crippen LogP contribution in [-0.2, 0) is 33.3 Å². The lowest BCUT2D eigenvalue weighted by Crippen LogP contribution is -2.76. The Kier molecular flexibility index (Phi) is 6.87. The first-order valence-corrected chi connectivity index (χ1v) is 15.0. The topological polar surface area (TPSA) is 144 Å². The fraction of sp³-hybridized carbons (Fsp3) is 0.688. The molecular formula is C32H42O10. The van der Waals surface area contributed by atoms with Crippen LogP contribution in [0.15, 0.2) is 48.1 Å². The van der Waals surface area contributed by atoms with Gasteiger partial charge in [-0.2, -0.15) is 0 Å². The largest absolute Gasteiger partial charge is 0.459 e. The molecule has 3 saturated heterocycles. The number of Topliss-reactive ketones (excluding diaryl/α,β-unsaturated/α-hetero) is 1. The average Bonchev–Trinajstić information content (AvgIpc) is 3.57. The molecule has 0 aromatic heterocycles. The zero-order valence-corrected chi connectivity index (χ0v) is 24.9. The molecule has 5 fully saturated rings. The Morgan fingerprint density at radius 3 is 2.55 bits per heavy atom.